The number of methoxy groups -OCH3 is 1. The van der Waals surface area contributed by atoms with E-state index in [2.05, 4.69) is 25.8 Å². The van der Waals surface area contributed by atoms with Crippen molar-refractivity contribution in [2.45, 2.75) is 25.5 Å². The second-order valence-electron chi connectivity index (χ2n) is 9.60. The van der Waals surface area contributed by atoms with E-state index in [0.29, 0.717) is 37.7 Å². The van der Waals surface area contributed by atoms with Gasteiger partial charge in [0.2, 0.25) is 11.8 Å². The van der Waals surface area contributed by atoms with Crippen LogP contribution >= 0.6 is 0 Å². The summed E-state index contributed by atoms with van der Waals surface area (Å²) >= 11 is 0. The predicted octanol–water partition coefficient (Wildman–Crippen LogP) is 4.26. The third-order valence-corrected chi connectivity index (χ3v) is 6.81. The van der Waals surface area contributed by atoms with Crippen molar-refractivity contribution in [1.29, 1.82) is 0 Å². The summed E-state index contributed by atoms with van der Waals surface area (Å²) in [7, 11) is 1.64. The van der Waals surface area contributed by atoms with E-state index in [1.807, 2.05) is 71.8 Å². The highest BCUT2D eigenvalue weighted by Crippen LogP contribution is 2.27. The first kappa shape index (κ1) is 25.8. The van der Waals surface area contributed by atoms with E-state index in [-0.39, 0.29) is 0 Å². The standard InChI is InChI=1S/C29H32N8O3/c1-38-15-16-39-27-9-4-21(17-31-27)20-40-25-7-5-22(6-8-25)26-3-2-14-36-28(26)34-29(35-36)33-23-18-32-37(19-23)24-10-12-30-13-11-24/h2-9,14,17-19,24,30H,10-13,15-16,20H2,1H3,(H,33,35). The van der Waals surface area contributed by atoms with Crippen LogP contribution in [-0.2, 0) is 11.3 Å². The highest BCUT2D eigenvalue weighted by atomic mass is 16.5. The minimum atomic E-state index is 0.410. The lowest BCUT2D eigenvalue weighted by atomic mass is 10.1. The van der Waals surface area contributed by atoms with Crippen molar-refractivity contribution in [3.63, 3.8) is 0 Å². The van der Waals surface area contributed by atoms with Crippen LogP contribution in [0.15, 0.2) is 73.3 Å². The molecule has 206 valence electrons. The van der Waals surface area contributed by atoms with Gasteiger partial charge in [0.15, 0.2) is 5.65 Å². The maximum Gasteiger partial charge on any atom is 0.247 e. The molecule has 1 fully saturated rings. The maximum absolute atomic E-state index is 5.97. The van der Waals surface area contributed by atoms with Crippen molar-refractivity contribution in [2.24, 2.45) is 0 Å². The first-order valence-corrected chi connectivity index (χ1v) is 13.4. The van der Waals surface area contributed by atoms with Crippen LogP contribution in [0.25, 0.3) is 16.8 Å². The number of nitrogens with one attached hydrogen (secondary N) is 2. The van der Waals surface area contributed by atoms with Gasteiger partial charge in [-0.3, -0.25) is 4.68 Å². The van der Waals surface area contributed by atoms with Crippen molar-refractivity contribution in [3.05, 3.63) is 78.9 Å². The van der Waals surface area contributed by atoms with Crippen molar-refractivity contribution in [2.75, 3.05) is 38.7 Å². The lowest BCUT2D eigenvalue weighted by Gasteiger charge is -2.22. The first-order valence-electron chi connectivity index (χ1n) is 13.4. The topological polar surface area (TPSA) is 113 Å². The molecular formula is C29H32N8O3. The molecule has 0 bridgehead atoms. The molecule has 0 radical (unpaired) electrons. The molecule has 6 rings (SSSR count). The van der Waals surface area contributed by atoms with Crippen LogP contribution in [0.1, 0.15) is 24.4 Å². The minimum Gasteiger partial charge on any atom is -0.489 e. The normalized spacial score (nSPS) is 13.9. The number of hydrogen-bond donors (Lipinski definition) is 2. The first-order chi connectivity index (χ1) is 19.7. The van der Waals surface area contributed by atoms with E-state index in [4.69, 9.17) is 19.2 Å². The Bertz CT molecular complexity index is 1530. The molecule has 11 heteroatoms. The Balaban J connectivity index is 1.10. The zero-order chi connectivity index (χ0) is 27.1. The molecule has 0 aliphatic carbocycles. The third kappa shape index (κ3) is 6.05. The van der Waals surface area contributed by atoms with Gasteiger partial charge in [0.1, 0.15) is 19.0 Å². The average molecular weight is 541 g/mol. The quantitative estimate of drug-likeness (QED) is 0.237. The lowest BCUT2D eigenvalue weighted by Crippen LogP contribution is -2.29. The van der Waals surface area contributed by atoms with Gasteiger partial charge in [-0.15, -0.1) is 5.10 Å². The lowest BCUT2D eigenvalue weighted by molar-refractivity contribution is 0.143. The predicted molar refractivity (Wildman–Crippen MR) is 151 cm³/mol. The number of benzene rings is 1. The molecule has 0 unspecified atom stereocenters. The number of ether oxygens (including phenoxy) is 3. The summed E-state index contributed by atoms with van der Waals surface area (Å²) < 4.78 is 20.3. The SMILES string of the molecule is COCCOc1ccc(COc2ccc(-c3cccn4nc(Nc5cnn(C6CCNCC6)c5)nc34)cc2)cn1. The number of anilines is 2. The molecule has 40 heavy (non-hydrogen) atoms. The third-order valence-electron chi connectivity index (χ3n) is 6.81. The highest BCUT2D eigenvalue weighted by molar-refractivity contribution is 5.78. The molecule has 1 aromatic carbocycles. The Morgan fingerprint density at radius 3 is 2.67 bits per heavy atom. The second-order valence-corrected chi connectivity index (χ2v) is 9.60. The van der Waals surface area contributed by atoms with Gasteiger partial charge in [-0.25, -0.2) is 9.50 Å². The van der Waals surface area contributed by atoms with E-state index in [9.17, 15) is 0 Å². The summed E-state index contributed by atoms with van der Waals surface area (Å²) in [5, 5.41) is 15.9. The van der Waals surface area contributed by atoms with Crippen LogP contribution in [0, 0.1) is 0 Å². The van der Waals surface area contributed by atoms with E-state index in [1.165, 1.54) is 0 Å². The molecule has 11 nitrogen and oxygen atoms in total. The van der Waals surface area contributed by atoms with Gasteiger partial charge in [0, 0.05) is 42.9 Å². The summed E-state index contributed by atoms with van der Waals surface area (Å²) in [5.41, 5.74) is 4.60. The van der Waals surface area contributed by atoms with Gasteiger partial charge in [0.05, 0.1) is 24.5 Å². The molecule has 2 N–H and O–H groups in total. The van der Waals surface area contributed by atoms with Gasteiger partial charge in [-0.05, 0) is 61.8 Å². The van der Waals surface area contributed by atoms with E-state index in [0.717, 1.165) is 59.7 Å². The fourth-order valence-corrected chi connectivity index (χ4v) is 4.70. The Morgan fingerprint density at radius 1 is 1.00 bits per heavy atom. The highest BCUT2D eigenvalue weighted by Gasteiger charge is 2.16. The molecule has 0 spiro atoms. The number of aromatic nitrogens is 6. The van der Waals surface area contributed by atoms with Gasteiger partial charge in [-0.1, -0.05) is 12.1 Å². The largest absolute Gasteiger partial charge is 0.489 e. The maximum atomic E-state index is 5.97. The monoisotopic (exact) mass is 540 g/mol. The molecule has 1 aliphatic rings. The number of rotatable bonds is 11. The summed E-state index contributed by atoms with van der Waals surface area (Å²) in [6, 6.07) is 16.2. The fourth-order valence-electron chi connectivity index (χ4n) is 4.70. The second kappa shape index (κ2) is 12.1. The van der Waals surface area contributed by atoms with Crippen LogP contribution in [0.3, 0.4) is 0 Å². The fraction of sp³-hybridized carbons (Fsp3) is 0.310. The molecule has 0 atom stereocenters. The summed E-state index contributed by atoms with van der Waals surface area (Å²) in [6.45, 7) is 3.45. The molecule has 0 saturated carbocycles. The Labute approximate surface area is 232 Å². The van der Waals surface area contributed by atoms with Crippen molar-refractivity contribution < 1.29 is 14.2 Å². The summed E-state index contributed by atoms with van der Waals surface area (Å²) in [6.07, 6.45) is 9.67. The Hall–Kier alpha value is -4.48. The van der Waals surface area contributed by atoms with Crippen molar-refractivity contribution >= 4 is 17.3 Å². The molecule has 1 saturated heterocycles. The van der Waals surface area contributed by atoms with Crippen molar-refractivity contribution in [1.82, 2.24) is 34.7 Å². The number of fused-ring (bicyclic) bond motifs is 1. The summed E-state index contributed by atoms with van der Waals surface area (Å²) in [5.74, 6) is 1.87. The molecular weight excluding hydrogens is 508 g/mol. The van der Waals surface area contributed by atoms with Crippen LogP contribution < -0.4 is 20.1 Å². The van der Waals surface area contributed by atoms with Gasteiger partial charge in [0.25, 0.3) is 0 Å². The van der Waals surface area contributed by atoms with E-state index >= 15 is 0 Å². The zero-order valence-electron chi connectivity index (χ0n) is 22.4. The molecule has 5 heterocycles. The summed E-state index contributed by atoms with van der Waals surface area (Å²) in [4.78, 5) is 9.08. The van der Waals surface area contributed by atoms with Gasteiger partial charge >= 0.3 is 0 Å². The number of nitrogens with zero attached hydrogens (tertiary/aromatic N) is 6. The van der Waals surface area contributed by atoms with Crippen LogP contribution in [0.5, 0.6) is 11.6 Å². The average Bonchev–Trinajstić information content (AvgIpc) is 3.64. The van der Waals surface area contributed by atoms with Gasteiger partial charge in [-0.2, -0.15) is 10.1 Å². The number of hydrogen-bond acceptors (Lipinski definition) is 9. The Kier molecular flexibility index (Phi) is 7.83. The number of pyridine rings is 2. The molecule has 5 aromatic rings. The molecule has 1 aliphatic heterocycles. The van der Waals surface area contributed by atoms with E-state index in [1.54, 1.807) is 17.8 Å². The van der Waals surface area contributed by atoms with E-state index < -0.39 is 0 Å². The smallest absolute Gasteiger partial charge is 0.247 e. The van der Waals surface area contributed by atoms with Crippen molar-refractivity contribution in [3.8, 4) is 22.8 Å². The van der Waals surface area contributed by atoms with Crippen LogP contribution in [0.2, 0.25) is 0 Å². The Morgan fingerprint density at radius 2 is 1.88 bits per heavy atom. The zero-order valence-corrected chi connectivity index (χ0v) is 22.4. The minimum absolute atomic E-state index is 0.410. The van der Waals surface area contributed by atoms with Gasteiger partial charge < -0.3 is 24.8 Å². The number of piperidine rings is 1. The molecule has 0 amide bonds. The molecule has 4 aromatic heterocycles. The van der Waals surface area contributed by atoms with Crippen LogP contribution in [0.4, 0.5) is 11.6 Å². The van der Waals surface area contributed by atoms with Crippen LogP contribution in [-0.4, -0.2) is 62.8 Å².